The maximum absolute atomic E-state index is 13.0. The molecule has 0 bridgehead atoms. The molecule has 0 unspecified atom stereocenters. The molecule has 5 rings (SSSR count). The summed E-state index contributed by atoms with van der Waals surface area (Å²) in [6.45, 7) is 1.76. The Morgan fingerprint density at radius 3 is 2.73 bits per heavy atom. The zero-order valence-electron chi connectivity index (χ0n) is 19.2. The summed E-state index contributed by atoms with van der Waals surface area (Å²) in [5, 5.41) is 6.61. The number of aliphatic imine (C=N–C) groups is 1. The molecule has 1 amide bonds. The molecule has 1 N–H and O–H groups in total. The molecule has 0 radical (unpaired) electrons. The highest BCUT2D eigenvalue weighted by atomic mass is 32.2. The fraction of sp³-hybridized carbons (Fsp3) is 0.304. The van der Waals surface area contributed by atoms with Gasteiger partial charge in [-0.3, -0.25) is 14.6 Å². The van der Waals surface area contributed by atoms with Gasteiger partial charge in [0, 0.05) is 36.8 Å². The average molecular weight is 533 g/mol. The van der Waals surface area contributed by atoms with E-state index in [1.54, 1.807) is 13.0 Å². The summed E-state index contributed by atoms with van der Waals surface area (Å²) in [5.74, 6) is -0.121. The lowest BCUT2D eigenvalue weighted by molar-refractivity contribution is -0.116. The van der Waals surface area contributed by atoms with Crippen LogP contribution < -0.4 is 5.32 Å². The van der Waals surface area contributed by atoms with Gasteiger partial charge in [0.25, 0.3) is 9.84 Å². The Balaban J connectivity index is 1.30. The van der Waals surface area contributed by atoms with E-state index in [1.165, 1.54) is 12.4 Å². The summed E-state index contributed by atoms with van der Waals surface area (Å²) in [6.07, 6.45) is 1.91. The Morgan fingerprint density at radius 1 is 1.19 bits per heavy atom. The number of carbonyl (C=O) groups is 2. The molecular formula is C23H18F3N5O5S. The smallest absolute Gasteiger partial charge is 0.360 e. The van der Waals surface area contributed by atoms with Gasteiger partial charge in [0.2, 0.25) is 5.91 Å². The van der Waals surface area contributed by atoms with Crippen LogP contribution in [-0.2, 0) is 27.5 Å². The van der Waals surface area contributed by atoms with Gasteiger partial charge in [-0.1, -0.05) is 12.1 Å². The number of ketones is 1. The average Bonchev–Trinajstić information content (AvgIpc) is 3.49. The van der Waals surface area contributed by atoms with E-state index in [0.29, 0.717) is 46.2 Å². The minimum Gasteiger partial charge on any atom is -0.360 e. The lowest BCUT2D eigenvalue weighted by atomic mass is 9.95. The molecule has 14 heteroatoms. The van der Waals surface area contributed by atoms with Crippen molar-refractivity contribution in [3.8, 4) is 0 Å². The zero-order chi connectivity index (χ0) is 26.5. The number of hydrogen-bond acceptors (Lipinski definition) is 9. The molecule has 0 saturated heterocycles. The Bertz CT molecular complexity index is 1580. The van der Waals surface area contributed by atoms with E-state index in [0.717, 1.165) is 12.1 Å². The van der Waals surface area contributed by atoms with Crippen LogP contribution in [-0.4, -0.2) is 46.5 Å². The van der Waals surface area contributed by atoms with E-state index >= 15 is 0 Å². The number of fused-ring (bicyclic) bond motifs is 2. The van der Waals surface area contributed by atoms with E-state index in [9.17, 15) is 31.2 Å². The summed E-state index contributed by atoms with van der Waals surface area (Å²) in [7, 11) is -5.48. The first-order chi connectivity index (χ1) is 17.4. The fourth-order valence-corrected chi connectivity index (χ4v) is 5.00. The van der Waals surface area contributed by atoms with Crippen LogP contribution >= 0.6 is 0 Å². The van der Waals surface area contributed by atoms with Crippen molar-refractivity contribution in [3.05, 3.63) is 58.9 Å². The van der Waals surface area contributed by atoms with E-state index in [1.807, 2.05) is 0 Å². The van der Waals surface area contributed by atoms with Crippen molar-refractivity contribution in [1.29, 1.82) is 0 Å². The predicted octanol–water partition coefficient (Wildman–Crippen LogP) is 3.70. The standard InChI is InChI=1S/C23H18F3N5O5S/c1-11(6-18(32)21-14-3-5-20(33)30-22(14)28-10-27-21)19-9-17(31-36-19)16-8-12-7-13(2-4-15(12)29-16)37(34,35)23(24,25)26/h2,4,7,9-11H,3,5-6,8H2,1H3,(H,27,28,30,33)/t11-/m0/s1. The second-order valence-electron chi connectivity index (χ2n) is 8.72. The minimum atomic E-state index is -5.48. The third kappa shape index (κ3) is 4.52. The van der Waals surface area contributed by atoms with Gasteiger partial charge in [0.15, 0.2) is 5.78 Å². The number of alkyl halides is 3. The highest BCUT2D eigenvalue weighted by molar-refractivity contribution is 7.92. The monoisotopic (exact) mass is 533 g/mol. The quantitative estimate of drug-likeness (QED) is 0.473. The number of benzene rings is 1. The van der Waals surface area contributed by atoms with E-state index in [2.05, 4.69) is 25.4 Å². The van der Waals surface area contributed by atoms with Crippen molar-refractivity contribution in [1.82, 2.24) is 15.1 Å². The fourth-order valence-electron chi connectivity index (χ4n) is 4.19. The molecule has 0 aliphatic carbocycles. The molecule has 0 spiro atoms. The summed E-state index contributed by atoms with van der Waals surface area (Å²) in [6, 6.07) is 4.63. The molecule has 192 valence electrons. The third-order valence-corrected chi connectivity index (χ3v) is 7.63. The molecular weight excluding hydrogens is 515 g/mol. The Hall–Kier alpha value is -3.94. The topological polar surface area (TPSA) is 144 Å². The van der Waals surface area contributed by atoms with Crippen molar-refractivity contribution in [3.63, 3.8) is 0 Å². The lowest BCUT2D eigenvalue weighted by Crippen LogP contribution is -2.23. The molecule has 0 saturated carbocycles. The molecule has 10 nitrogen and oxygen atoms in total. The summed E-state index contributed by atoms with van der Waals surface area (Å²) in [5.41, 5.74) is -3.21. The van der Waals surface area contributed by atoms with Gasteiger partial charge in [0.1, 0.15) is 29.3 Å². The van der Waals surface area contributed by atoms with Gasteiger partial charge < -0.3 is 9.84 Å². The van der Waals surface area contributed by atoms with Gasteiger partial charge in [-0.05, 0) is 30.2 Å². The first-order valence-corrected chi connectivity index (χ1v) is 12.6. The van der Waals surface area contributed by atoms with Crippen LogP contribution in [0.1, 0.15) is 58.8 Å². The number of sulfone groups is 1. The number of rotatable bonds is 6. The second kappa shape index (κ2) is 8.87. The number of anilines is 1. The SMILES string of the molecule is C[C@@H](CC(=O)c1ncnc2c1CCC(=O)N2)c1cc(C2=Nc3ccc(S(=O)(=O)C(F)(F)F)cc3C2)no1. The summed E-state index contributed by atoms with van der Waals surface area (Å²) >= 11 is 0. The van der Waals surface area contributed by atoms with Crippen molar-refractivity contribution in [2.24, 2.45) is 4.99 Å². The van der Waals surface area contributed by atoms with Gasteiger partial charge in [-0.15, -0.1) is 0 Å². The van der Waals surface area contributed by atoms with Crippen LogP contribution in [0.3, 0.4) is 0 Å². The third-order valence-electron chi connectivity index (χ3n) is 6.15. The van der Waals surface area contributed by atoms with Crippen LogP contribution in [0.25, 0.3) is 0 Å². The van der Waals surface area contributed by atoms with Crippen LogP contribution in [0.2, 0.25) is 0 Å². The minimum absolute atomic E-state index is 0.0391. The number of halogens is 3. The highest BCUT2D eigenvalue weighted by Gasteiger charge is 2.47. The molecule has 3 aromatic rings. The van der Waals surface area contributed by atoms with Crippen LogP contribution in [0, 0.1) is 0 Å². The lowest BCUT2D eigenvalue weighted by Gasteiger charge is -2.17. The second-order valence-corrected chi connectivity index (χ2v) is 10.7. The molecule has 37 heavy (non-hydrogen) atoms. The van der Waals surface area contributed by atoms with Crippen LogP contribution in [0.4, 0.5) is 24.7 Å². The number of amides is 1. The van der Waals surface area contributed by atoms with E-state index in [4.69, 9.17) is 4.52 Å². The predicted molar refractivity (Wildman–Crippen MR) is 122 cm³/mol. The van der Waals surface area contributed by atoms with Crippen molar-refractivity contribution < 1.29 is 35.7 Å². The number of carbonyl (C=O) groups excluding carboxylic acids is 2. The van der Waals surface area contributed by atoms with Gasteiger partial charge in [0.05, 0.1) is 16.3 Å². The first kappa shape index (κ1) is 24.7. The van der Waals surface area contributed by atoms with Crippen LogP contribution in [0.15, 0.2) is 45.0 Å². The van der Waals surface area contributed by atoms with Crippen molar-refractivity contribution in [2.75, 3.05) is 5.32 Å². The number of aromatic nitrogens is 3. The van der Waals surface area contributed by atoms with Gasteiger partial charge in [-0.2, -0.15) is 13.2 Å². The summed E-state index contributed by atoms with van der Waals surface area (Å²) < 4.78 is 67.6. The maximum Gasteiger partial charge on any atom is 0.501 e. The number of Topliss-reactive ketones (excluding diaryl/α,β-unsaturated/α-hetero) is 1. The Morgan fingerprint density at radius 2 is 1.97 bits per heavy atom. The molecule has 1 aromatic carbocycles. The van der Waals surface area contributed by atoms with Gasteiger partial charge >= 0.3 is 5.51 Å². The van der Waals surface area contributed by atoms with Crippen LogP contribution in [0.5, 0.6) is 0 Å². The molecule has 1 atom stereocenters. The Labute approximate surface area is 207 Å². The van der Waals surface area contributed by atoms with Crippen molar-refractivity contribution >= 4 is 38.7 Å². The number of nitrogens with zero attached hydrogens (tertiary/aromatic N) is 4. The molecule has 2 aliphatic rings. The maximum atomic E-state index is 13.0. The first-order valence-electron chi connectivity index (χ1n) is 11.1. The molecule has 0 fully saturated rings. The number of nitrogens with one attached hydrogen (secondary N) is 1. The molecule has 2 aromatic heterocycles. The Kier molecular flexibility index (Phi) is 5.93. The van der Waals surface area contributed by atoms with E-state index in [-0.39, 0.29) is 36.6 Å². The van der Waals surface area contributed by atoms with E-state index < -0.39 is 26.2 Å². The largest absolute Gasteiger partial charge is 0.501 e. The van der Waals surface area contributed by atoms with Crippen molar-refractivity contribution in [2.45, 2.75) is 48.9 Å². The normalized spacial score (nSPS) is 16.0. The highest BCUT2D eigenvalue weighted by Crippen LogP contribution is 2.36. The molecule has 4 heterocycles. The zero-order valence-corrected chi connectivity index (χ0v) is 20.0. The van der Waals surface area contributed by atoms with Gasteiger partial charge in [-0.25, -0.2) is 18.4 Å². The summed E-state index contributed by atoms with van der Waals surface area (Å²) in [4.78, 5) is 36.2. The molecule has 2 aliphatic heterocycles. The number of hydrogen-bond donors (Lipinski definition) is 1.